The first-order valence-corrected chi connectivity index (χ1v) is 5.09. The van der Waals surface area contributed by atoms with Gasteiger partial charge in [-0.15, -0.1) is 0 Å². The minimum Gasteiger partial charge on any atom is -0.150 e. The Labute approximate surface area is 75.7 Å². The lowest BCUT2D eigenvalue weighted by molar-refractivity contribution is 0.339. The summed E-state index contributed by atoms with van der Waals surface area (Å²) in [6.07, 6.45) is 6.15. The summed E-state index contributed by atoms with van der Waals surface area (Å²) in [7, 11) is 0. The summed E-state index contributed by atoms with van der Waals surface area (Å²) in [5, 5.41) is 3.32. The SMILES string of the molecule is CCCCC(CC)(CCC)N=O. The van der Waals surface area contributed by atoms with E-state index in [2.05, 4.69) is 25.9 Å². The van der Waals surface area contributed by atoms with Gasteiger partial charge < -0.3 is 0 Å². The second kappa shape index (κ2) is 6.15. The maximum absolute atomic E-state index is 10.7. The molecule has 0 bridgehead atoms. The number of nitroso groups, excluding NO2 is 1. The van der Waals surface area contributed by atoms with Crippen molar-refractivity contribution in [3.63, 3.8) is 0 Å². The number of rotatable bonds is 7. The highest BCUT2D eigenvalue weighted by Crippen LogP contribution is 2.28. The monoisotopic (exact) mass is 171 g/mol. The first-order chi connectivity index (χ1) is 5.74. The van der Waals surface area contributed by atoms with Crippen molar-refractivity contribution >= 4 is 0 Å². The minimum atomic E-state index is -0.245. The van der Waals surface area contributed by atoms with Crippen LogP contribution in [0, 0.1) is 4.91 Å². The minimum absolute atomic E-state index is 0.245. The fourth-order valence-electron chi connectivity index (χ4n) is 1.61. The summed E-state index contributed by atoms with van der Waals surface area (Å²) < 4.78 is 0. The van der Waals surface area contributed by atoms with Crippen molar-refractivity contribution in [3.8, 4) is 0 Å². The van der Waals surface area contributed by atoms with E-state index in [-0.39, 0.29) is 5.54 Å². The van der Waals surface area contributed by atoms with E-state index in [1.165, 1.54) is 0 Å². The Bertz CT molecular complexity index is 125. The third-order valence-corrected chi connectivity index (χ3v) is 2.56. The van der Waals surface area contributed by atoms with Crippen LogP contribution < -0.4 is 0 Å². The predicted molar refractivity (Wildman–Crippen MR) is 53.3 cm³/mol. The fourth-order valence-corrected chi connectivity index (χ4v) is 1.61. The summed E-state index contributed by atoms with van der Waals surface area (Å²) in [5.41, 5.74) is -0.245. The Kier molecular flexibility index (Phi) is 5.95. The van der Waals surface area contributed by atoms with Crippen LogP contribution in [0.1, 0.15) is 59.3 Å². The second-order valence-corrected chi connectivity index (χ2v) is 3.52. The van der Waals surface area contributed by atoms with Crippen molar-refractivity contribution in [2.24, 2.45) is 5.18 Å². The summed E-state index contributed by atoms with van der Waals surface area (Å²) >= 11 is 0. The molecule has 0 aromatic carbocycles. The van der Waals surface area contributed by atoms with E-state index in [9.17, 15) is 4.91 Å². The highest BCUT2D eigenvalue weighted by atomic mass is 16.3. The normalized spacial score (nSPS) is 15.6. The Morgan fingerprint density at radius 2 is 1.75 bits per heavy atom. The molecule has 0 N–H and O–H groups in total. The van der Waals surface area contributed by atoms with Crippen molar-refractivity contribution in [1.29, 1.82) is 0 Å². The topological polar surface area (TPSA) is 29.4 Å². The molecule has 72 valence electrons. The zero-order valence-corrected chi connectivity index (χ0v) is 8.60. The van der Waals surface area contributed by atoms with Crippen molar-refractivity contribution in [3.05, 3.63) is 4.91 Å². The Morgan fingerprint density at radius 1 is 1.08 bits per heavy atom. The van der Waals surface area contributed by atoms with Gasteiger partial charge in [0.1, 0.15) is 5.54 Å². The lowest BCUT2D eigenvalue weighted by Crippen LogP contribution is -2.24. The van der Waals surface area contributed by atoms with Gasteiger partial charge in [0.25, 0.3) is 0 Å². The van der Waals surface area contributed by atoms with Crippen LogP contribution in [0.25, 0.3) is 0 Å². The van der Waals surface area contributed by atoms with E-state index in [0.717, 1.165) is 38.5 Å². The van der Waals surface area contributed by atoms with Gasteiger partial charge in [0, 0.05) is 0 Å². The van der Waals surface area contributed by atoms with Gasteiger partial charge in [-0.1, -0.05) is 45.2 Å². The average Bonchev–Trinajstić information content (AvgIpc) is 2.13. The highest BCUT2D eigenvalue weighted by molar-refractivity contribution is 4.85. The summed E-state index contributed by atoms with van der Waals surface area (Å²) in [5.74, 6) is 0. The average molecular weight is 171 g/mol. The Balaban J connectivity index is 4.04. The second-order valence-electron chi connectivity index (χ2n) is 3.52. The molecule has 0 saturated heterocycles. The smallest absolute Gasteiger partial charge is 0.102 e. The molecule has 0 fully saturated rings. The quantitative estimate of drug-likeness (QED) is 0.534. The first kappa shape index (κ1) is 11.6. The largest absolute Gasteiger partial charge is 0.150 e. The van der Waals surface area contributed by atoms with Crippen molar-refractivity contribution in [2.45, 2.75) is 64.8 Å². The van der Waals surface area contributed by atoms with Crippen LogP contribution in [0.5, 0.6) is 0 Å². The molecule has 0 rings (SSSR count). The third-order valence-electron chi connectivity index (χ3n) is 2.56. The first-order valence-electron chi connectivity index (χ1n) is 5.09. The van der Waals surface area contributed by atoms with Crippen molar-refractivity contribution in [1.82, 2.24) is 0 Å². The third kappa shape index (κ3) is 3.33. The maximum atomic E-state index is 10.7. The van der Waals surface area contributed by atoms with Gasteiger partial charge in [0.2, 0.25) is 0 Å². The van der Waals surface area contributed by atoms with E-state index >= 15 is 0 Å². The Hall–Kier alpha value is -0.400. The molecule has 0 spiro atoms. The van der Waals surface area contributed by atoms with Crippen LogP contribution in [0.3, 0.4) is 0 Å². The van der Waals surface area contributed by atoms with Crippen molar-refractivity contribution < 1.29 is 0 Å². The number of unbranched alkanes of at least 4 members (excludes halogenated alkanes) is 1. The molecule has 0 aliphatic heterocycles. The van der Waals surface area contributed by atoms with Crippen LogP contribution in [-0.2, 0) is 0 Å². The molecular weight excluding hydrogens is 150 g/mol. The van der Waals surface area contributed by atoms with Gasteiger partial charge in [-0.3, -0.25) is 0 Å². The summed E-state index contributed by atoms with van der Waals surface area (Å²) in [6.45, 7) is 6.32. The van der Waals surface area contributed by atoms with Gasteiger partial charge in [-0.2, -0.15) is 4.91 Å². The van der Waals surface area contributed by atoms with Gasteiger partial charge in [-0.25, -0.2) is 0 Å². The highest BCUT2D eigenvalue weighted by Gasteiger charge is 2.27. The molecule has 0 aromatic rings. The molecule has 1 atom stereocenters. The van der Waals surface area contributed by atoms with Gasteiger partial charge in [0.05, 0.1) is 0 Å². The summed E-state index contributed by atoms with van der Waals surface area (Å²) in [6, 6.07) is 0. The van der Waals surface area contributed by atoms with E-state index in [1.807, 2.05) is 0 Å². The van der Waals surface area contributed by atoms with E-state index in [4.69, 9.17) is 0 Å². The predicted octanol–water partition coefficient (Wildman–Crippen LogP) is 3.89. The zero-order chi connectivity index (χ0) is 9.45. The lowest BCUT2D eigenvalue weighted by atomic mass is 9.86. The van der Waals surface area contributed by atoms with E-state index < -0.39 is 0 Å². The number of hydrogen-bond acceptors (Lipinski definition) is 2. The fraction of sp³-hybridized carbons (Fsp3) is 1.00. The Morgan fingerprint density at radius 3 is 2.08 bits per heavy atom. The molecule has 2 nitrogen and oxygen atoms in total. The van der Waals surface area contributed by atoms with Crippen LogP contribution in [-0.4, -0.2) is 5.54 Å². The molecular formula is C10H21NO. The van der Waals surface area contributed by atoms with Crippen LogP contribution in [0.15, 0.2) is 5.18 Å². The summed E-state index contributed by atoms with van der Waals surface area (Å²) in [4.78, 5) is 10.7. The molecule has 0 radical (unpaired) electrons. The molecule has 0 amide bonds. The maximum Gasteiger partial charge on any atom is 0.102 e. The van der Waals surface area contributed by atoms with E-state index in [0.29, 0.717) is 0 Å². The lowest BCUT2D eigenvalue weighted by Gasteiger charge is -2.23. The molecule has 12 heavy (non-hydrogen) atoms. The molecule has 2 heteroatoms. The molecule has 0 saturated carbocycles. The van der Waals surface area contributed by atoms with E-state index in [1.54, 1.807) is 0 Å². The van der Waals surface area contributed by atoms with Gasteiger partial charge in [0.15, 0.2) is 0 Å². The molecule has 0 aromatic heterocycles. The number of nitrogens with zero attached hydrogens (tertiary/aromatic N) is 1. The zero-order valence-electron chi connectivity index (χ0n) is 8.60. The molecule has 0 heterocycles. The van der Waals surface area contributed by atoms with Crippen LogP contribution in [0.2, 0.25) is 0 Å². The van der Waals surface area contributed by atoms with Gasteiger partial charge >= 0.3 is 0 Å². The van der Waals surface area contributed by atoms with Crippen LogP contribution >= 0.6 is 0 Å². The molecule has 0 aliphatic rings. The standard InChI is InChI=1S/C10H21NO/c1-4-7-9-10(6-3,11-12)8-5-2/h4-9H2,1-3H3. The molecule has 0 aliphatic carbocycles. The molecule has 1 unspecified atom stereocenters. The number of hydrogen-bond donors (Lipinski definition) is 0. The van der Waals surface area contributed by atoms with Crippen molar-refractivity contribution in [2.75, 3.05) is 0 Å². The van der Waals surface area contributed by atoms with Gasteiger partial charge in [-0.05, 0) is 19.3 Å². The van der Waals surface area contributed by atoms with Crippen LogP contribution in [0.4, 0.5) is 0 Å².